The second kappa shape index (κ2) is 9.60. The quantitative estimate of drug-likeness (QED) is 0.740. The number of hydrogen-bond acceptors (Lipinski definition) is 5. The lowest BCUT2D eigenvalue weighted by Crippen LogP contribution is -2.12. The molecule has 0 fully saturated rings. The Kier molecular flexibility index (Phi) is 7.48. The first kappa shape index (κ1) is 21.0. The predicted octanol–water partition coefficient (Wildman–Crippen LogP) is 4.54. The van der Waals surface area contributed by atoms with Crippen molar-refractivity contribution in [2.75, 3.05) is 13.2 Å². The largest absolute Gasteiger partial charge is 0.478 e. The highest BCUT2D eigenvalue weighted by atomic mass is 16.5. The molecule has 2 heterocycles. The second-order valence-corrected chi connectivity index (χ2v) is 6.55. The highest BCUT2D eigenvalue weighted by Crippen LogP contribution is 2.31. The molecule has 0 aliphatic heterocycles. The molecule has 0 saturated carbocycles. The zero-order valence-corrected chi connectivity index (χ0v) is 17.3. The number of aryl methyl sites for hydroxylation is 3. The lowest BCUT2D eigenvalue weighted by atomic mass is 9.92. The van der Waals surface area contributed by atoms with Crippen molar-refractivity contribution >= 4 is 5.57 Å². The lowest BCUT2D eigenvalue weighted by molar-refractivity contribution is 0.254. The molecular weight excluding hydrogens is 338 g/mol. The minimum absolute atomic E-state index is 0.0756. The van der Waals surface area contributed by atoms with Crippen LogP contribution in [0.5, 0.6) is 5.88 Å². The van der Waals surface area contributed by atoms with Gasteiger partial charge in [-0.05, 0) is 52.2 Å². The topological polar surface area (TPSA) is 68.1 Å². The van der Waals surface area contributed by atoms with Gasteiger partial charge in [-0.25, -0.2) is 15.0 Å². The number of ether oxygens (including phenoxy) is 1. The number of rotatable bonds is 8. The third kappa shape index (κ3) is 4.53. The van der Waals surface area contributed by atoms with Gasteiger partial charge in [0, 0.05) is 24.2 Å². The summed E-state index contributed by atoms with van der Waals surface area (Å²) < 4.78 is 5.53. The Bertz CT molecular complexity index is 811. The maximum absolute atomic E-state index is 9.71. The minimum atomic E-state index is 0.0756. The Morgan fingerprint density at radius 1 is 1.11 bits per heavy atom. The van der Waals surface area contributed by atoms with Gasteiger partial charge in [0.2, 0.25) is 5.88 Å². The summed E-state index contributed by atoms with van der Waals surface area (Å²) in [6.45, 7) is 12.8. The van der Waals surface area contributed by atoms with Gasteiger partial charge in [-0.1, -0.05) is 19.9 Å². The van der Waals surface area contributed by atoms with E-state index in [0.29, 0.717) is 12.5 Å². The molecule has 0 amide bonds. The number of aromatic nitrogens is 3. The van der Waals surface area contributed by atoms with Crippen LogP contribution >= 0.6 is 0 Å². The first-order chi connectivity index (χ1) is 13.0. The van der Waals surface area contributed by atoms with Crippen LogP contribution in [-0.4, -0.2) is 33.3 Å². The molecular formula is C22H31N3O2. The molecule has 0 radical (unpaired) electrons. The van der Waals surface area contributed by atoms with Crippen LogP contribution in [0, 0.1) is 19.8 Å². The summed E-state index contributed by atoms with van der Waals surface area (Å²) >= 11 is 0. The third-order valence-corrected chi connectivity index (χ3v) is 4.81. The van der Waals surface area contributed by atoms with Gasteiger partial charge in [0.1, 0.15) is 0 Å². The molecule has 0 aromatic carbocycles. The van der Waals surface area contributed by atoms with Crippen molar-refractivity contribution in [1.82, 2.24) is 15.0 Å². The summed E-state index contributed by atoms with van der Waals surface area (Å²) in [5.74, 6) is 0.716. The summed E-state index contributed by atoms with van der Waals surface area (Å²) in [7, 11) is 0. The van der Waals surface area contributed by atoms with Crippen molar-refractivity contribution in [3.05, 3.63) is 41.0 Å². The average molecular weight is 370 g/mol. The maximum atomic E-state index is 9.71. The normalized spacial score (nSPS) is 12.9. The van der Waals surface area contributed by atoms with Gasteiger partial charge in [-0.2, -0.15) is 0 Å². The number of allylic oxidation sites excluding steroid dienone is 1. The van der Waals surface area contributed by atoms with E-state index in [0.717, 1.165) is 52.4 Å². The molecule has 0 bridgehead atoms. The molecule has 5 nitrogen and oxygen atoms in total. The zero-order chi connectivity index (χ0) is 20.0. The van der Waals surface area contributed by atoms with Crippen LogP contribution in [0.2, 0.25) is 0 Å². The highest BCUT2D eigenvalue weighted by molar-refractivity contribution is 5.70. The van der Waals surface area contributed by atoms with Crippen LogP contribution in [0.25, 0.3) is 16.8 Å². The molecule has 0 unspecified atom stereocenters. The number of pyridine rings is 1. The van der Waals surface area contributed by atoms with Crippen molar-refractivity contribution in [1.29, 1.82) is 0 Å². The Morgan fingerprint density at radius 3 is 2.41 bits per heavy atom. The first-order valence-corrected chi connectivity index (χ1v) is 9.76. The van der Waals surface area contributed by atoms with E-state index in [1.165, 1.54) is 0 Å². The fraction of sp³-hybridized carbons (Fsp3) is 0.500. The van der Waals surface area contributed by atoms with E-state index >= 15 is 0 Å². The van der Waals surface area contributed by atoms with E-state index in [1.54, 1.807) is 0 Å². The van der Waals surface area contributed by atoms with Crippen molar-refractivity contribution in [3.63, 3.8) is 0 Å². The van der Waals surface area contributed by atoms with Crippen molar-refractivity contribution in [2.24, 2.45) is 5.92 Å². The summed E-state index contributed by atoms with van der Waals surface area (Å²) in [5, 5.41) is 9.71. The molecule has 0 aliphatic carbocycles. The third-order valence-electron chi connectivity index (χ3n) is 4.81. The molecule has 2 aromatic rings. The summed E-state index contributed by atoms with van der Waals surface area (Å²) in [6, 6.07) is 3.91. The molecule has 2 aromatic heterocycles. The zero-order valence-electron chi connectivity index (χ0n) is 17.3. The Morgan fingerprint density at radius 2 is 1.85 bits per heavy atom. The van der Waals surface area contributed by atoms with Crippen LogP contribution in [0.1, 0.15) is 56.9 Å². The molecule has 2 rings (SSSR count). The molecule has 5 heteroatoms. The molecule has 0 spiro atoms. The second-order valence-electron chi connectivity index (χ2n) is 6.55. The van der Waals surface area contributed by atoms with Crippen LogP contribution in [-0.2, 0) is 6.42 Å². The van der Waals surface area contributed by atoms with Gasteiger partial charge in [-0.3, -0.25) is 0 Å². The van der Waals surface area contributed by atoms with Crippen molar-refractivity contribution < 1.29 is 9.84 Å². The van der Waals surface area contributed by atoms with E-state index in [9.17, 15) is 5.11 Å². The fourth-order valence-electron chi connectivity index (χ4n) is 3.34. The fourth-order valence-corrected chi connectivity index (χ4v) is 3.34. The SMILES string of the molecule is C/C=C(\c1nc(C)c(-c2ccc(OCC)nc2CC)nc1C)[C@@H](CC)CO. The van der Waals surface area contributed by atoms with Gasteiger partial charge in [-0.15, -0.1) is 0 Å². The van der Waals surface area contributed by atoms with Gasteiger partial charge < -0.3 is 9.84 Å². The van der Waals surface area contributed by atoms with Crippen molar-refractivity contribution in [2.45, 2.75) is 54.4 Å². The van der Waals surface area contributed by atoms with Crippen LogP contribution in [0.3, 0.4) is 0 Å². The minimum Gasteiger partial charge on any atom is -0.478 e. The van der Waals surface area contributed by atoms with Gasteiger partial charge >= 0.3 is 0 Å². The van der Waals surface area contributed by atoms with Gasteiger partial charge in [0.15, 0.2) is 0 Å². The van der Waals surface area contributed by atoms with Crippen LogP contribution in [0.4, 0.5) is 0 Å². The van der Waals surface area contributed by atoms with E-state index < -0.39 is 0 Å². The monoisotopic (exact) mass is 369 g/mol. The molecule has 27 heavy (non-hydrogen) atoms. The maximum Gasteiger partial charge on any atom is 0.213 e. The van der Waals surface area contributed by atoms with E-state index in [4.69, 9.17) is 14.7 Å². The summed E-state index contributed by atoms with van der Waals surface area (Å²) in [4.78, 5) is 14.4. The average Bonchev–Trinajstić information content (AvgIpc) is 2.68. The van der Waals surface area contributed by atoms with Crippen molar-refractivity contribution in [3.8, 4) is 17.1 Å². The predicted molar refractivity (Wildman–Crippen MR) is 110 cm³/mol. The lowest BCUT2D eigenvalue weighted by Gasteiger charge is -2.19. The van der Waals surface area contributed by atoms with E-state index in [1.807, 2.05) is 45.9 Å². The summed E-state index contributed by atoms with van der Waals surface area (Å²) in [6.07, 6.45) is 3.69. The molecule has 146 valence electrons. The molecule has 0 aliphatic rings. The number of aliphatic hydroxyl groups is 1. The van der Waals surface area contributed by atoms with Gasteiger partial charge in [0.05, 0.1) is 35.1 Å². The Labute approximate surface area is 162 Å². The van der Waals surface area contributed by atoms with Crippen LogP contribution < -0.4 is 4.74 Å². The van der Waals surface area contributed by atoms with E-state index in [2.05, 4.69) is 18.8 Å². The molecule has 0 saturated heterocycles. The Hall–Kier alpha value is -2.27. The summed E-state index contributed by atoms with van der Waals surface area (Å²) in [5.41, 5.74) is 6.47. The number of hydrogen-bond donors (Lipinski definition) is 1. The van der Waals surface area contributed by atoms with Crippen LogP contribution in [0.15, 0.2) is 18.2 Å². The van der Waals surface area contributed by atoms with E-state index in [-0.39, 0.29) is 12.5 Å². The number of aliphatic hydroxyl groups excluding tert-OH is 1. The molecule has 1 atom stereocenters. The standard InChI is InChI=1S/C22H31N3O2/c1-7-16(13-26)17(8-2)21-14(5)24-22(15(6)23-21)18-11-12-20(27-10-4)25-19(18)9-3/h8,11-12,16,26H,7,9-10,13H2,1-6H3/b17-8-/t16-/m0/s1. The first-order valence-electron chi connectivity index (χ1n) is 9.76. The Balaban J connectivity index is 2.54. The smallest absolute Gasteiger partial charge is 0.213 e. The number of nitrogens with zero attached hydrogens (tertiary/aromatic N) is 3. The van der Waals surface area contributed by atoms with Gasteiger partial charge in [0.25, 0.3) is 0 Å². The molecule has 1 N–H and O–H groups in total. The highest BCUT2D eigenvalue weighted by Gasteiger charge is 2.20.